The zero-order chi connectivity index (χ0) is 10.6. The largest absolute Gasteiger partial charge is 0.326 e. The summed E-state index contributed by atoms with van der Waals surface area (Å²) in [6, 6.07) is 0.0248. The number of carbonyl (C=O) groups excluding carboxylic acids is 1. The quantitative estimate of drug-likeness (QED) is 0.464. The lowest BCUT2D eigenvalue weighted by Crippen LogP contribution is -2.54. The van der Waals surface area contributed by atoms with Crippen molar-refractivity contribution in [1.82, 2.24) is 9.80 Å². The van der Waals surface area contributed by atoms with Crippen molar-refractivity contribution in [2.24, 2.45) is 0 Å². The number of piperazine rings is 1. The summed E-state index contributed by atoms with van der Waals surface area (Å²) in [6.07, 6.45) is 1.32. The van der Waals surface area contributed by atoms with E-state index in [1.165, 1.54) is 6.08 Å². The molecule has 76 valence electrons. The van der Waals surface area contributed by atoms with Crippen molar-refractivity contribution in [2.75, 3.05) is 33.2 Å². The van der Waals surface area contributed by atoms with Gasteiger partial charge >= 0.3 is 0 Å². The molecule has 0 unspecified atom stereocenters. The molecular weight excluding hydrogens is 178 g/mol. The molecule has 0 aromatic carbocycles. The van der Waals surface area contributed by atoms with E-state index in [2.05, 4.69) is 16.3 Å². The van der Waals surface area contributed by atoms with Gasteiger partial charge in [0.15, 0.2) is 0 Å². The molecule has 0 aromatic rings. The lowest BCUT2D eigenvalue weighted by atomic mass is 10.1. The Kier molecular flexibility index (Phi) is 3.66. The fourth-order valence-corrected chi connectivity index (χ4v) is 1.68. The fourth-order valence-electron chi connectivity index (χ4n) is 1.68. The van der Waals surface area contributed by atoms with Crippen LogP contribution >= 0.6 is 0 Å². The van der Waals surface area contributed by atoms with Gasteiger partial charge in [0.25, 0.3) is 0 Å². The maximum atomic E-state index is 11.4. The van der Waals surface area contributed by atoms with Gasteiger partial charge in [-0.3, -0.25) is 4.79 Å². The molecule has 0 aromatic heterocycles. The van der Waals surface area contributed by atoms with Crippen LogP contribution in [0.2, 0.25) is 0 Å². The van der Waals surface area contributed by atoms with Crippen LogP contribution in [0.4, 0.5) is 0 Å². The fraction of sp³-hybridized carbons (Fsp3) is 0.600. The Bertz CT molecular complexity index is 269. The van der Waals surface area contributed by atoms with Gasteiger partial charge in [0.1, 0.15) is 6.04 Å². The summed E-state index contributed by atoms with van der Waals surface area (Å²) in [6.45, 7) is 13.0. The molecular formula is C10H15N3O. The van der Waals surface area contributed by atoms with Gasteiger partial charge in [-0.2, -0.15) is 0 Å². The van der Waals surface area contributed by atoms with E-state index in [4.69, 9.17) is 6.57 Å². The third-order valence-electron chi connectivity index (χ3n) is 2.45. The van der Waals surface area contributed by atoms with Gasteiger partial charge in [0.2, 0.25) is 12.5 Å². The number of hydrogen-bond acceptors (Lipinski definition) is 2. The number of hydrogen-bond donors (Lipinski definition) is 0. The minimum Gasteiger partial charge on any atom is -0.326 e. The highest BCUT2D eigenvalue weighted by Gasteiger charge is 2.29. The summed E-state index contributed by atoms with van der Waals surface area (Å²) in [5.41, 5.74) is 0. The Morgan fingerprint density at radius 3 is 3.00 bits per heavy atom. The smallest absolute Gasteiger partial charge is 0.246 e. The molecule has 0 radical (unpaired) electrons. The maximum Gasteiger partial charge on any atom is 0.246 e. The monoisotopic (exact) mass is 193 g/mol. The Balaban J connectivity index is 2.67. The van der Waals surface area contributed by atoms with Crippen molar-refractivity contribution in [3.8, 4) is 0 Å². The topological polar surface area (TPSA) is 27.9 Å². The second kappa shape index (κ2) is 4.77. The Hall–Kier alpha value is -1.34. The molecule has 1 aliphatic rings. The minimum atomic E-state index is -0.0632. The molecule has 4 heteroatoms. The van der Waals surface area contributed by atoms with Crippen LogP contribution in [-0.2, 0) is 4.79 Å². The highest BCUT2D eigenvalue weighted by atomic mass is 16.2. The predicted molar refractivity (Wildman–Crippen MR) is 54.7 cm³/mol. The average Bonchev–Trinajstić information content (AvgIpc) is 2.17. The maximum absolute atomic E-state index is 11.4. The molecule has 1 heterocycles. The van der Waals surface area contributed by atoms with Gasteiger partial charge in [-0.05, 0) is 13.1 Å². The number of nitrogens with zero attached hydrogens (tertiary/aromatic N) is 3. The summed E-state index contributed by atoms with van der Waals surface area (Å²) in [5.74, 6) is -0.0632. The van der Waals surface area contributed by atoms with Crippen LogP contribution < -0.4 is 0 Å². The van der Waals surface area contributed by atoms with Crippen molar-refractivity contribution >= 4 is 5.91 Å². The summed E-state index contributed by atoms with van der Waals surface area (Å²) in [5, 5.41) is 0. The van der Waals surface area contributed by atoms with E-state index in [1.807, 2.05) is 7.05 Å². The molecule has 0 saturated carbocycles. The summed E-state index contributed by atoms with van der Waals surface area (Å²) in [7, 11) is 2.01. The van der Waals surface area contributed by atoms with E-state index in [1.54, 1.807) is 4.90 Å². The zero-order valence-electron chi connectivity index (χ0n) is 8.44. The van der Waals surface area contributed by atoms with E-state index in [0.29, 0.717) is 13.1 Å². The summed E-state index contributed by atoms with van der Waals surface area (Å²) >= 11 is 0. The standard InChI is InChI=1S/C10H15N3O/c1-4-10(14)13-6-5-12(3)8-9(13)7-11-2/h4,9H,1,5-8H2,3H3/t9-/m1/s1. The van der Waals surface area contributed by atoms with Crippen LogP contribution in [0.5, 0.6) is 0 Å². The first kappa shape index (κ1) is 10.7. The molecule has 1 aliphatic heterocycles. The van der Waals surface area contributed by atoms with Crippen molar-refractivity contribution in [3.05, 3.63) is 24.1 Å². The van der Waals surface area contributed by atoms with E-state index in [-0.39, 0.29) is 11.9 Å². The SMILES string of the molecule is [C-]#[N+]C[C@@H]1CN(C)CCN1C(=O)C=C. The Morgan fingerprint density at radius 1 is 1.71 bits per heavy atom. The van der Waals surface area contributed by atoms with Gasteiger partial charge in [0, 0.05) is 19.6 Å². The Morgan fingerprint density at radius 2 is 2.43 bits per heavy atom. The highest BCUT2D eigenvalue weighted by molar-refractivity contribution is 5.87. The number of rotatable bonds is 2. The normalized spacial score (nSPS) is 22.9. The molecule has 0 spiro atoms. The van der Waals surface area contributed by atoms with Gasteiger partial charge in [-0.25, -0.2) is 6.57 Å². The molecule has 0 N–H and O–H groups in total. The first-order valence-electron chi connectivity index (χ1n) is 4.64. The zero-order valence-corrected chi connectivity index (χ0v) is 8.44. The van der Waals surface area contributed by atoms with Gasteiger partial charge in [0.05, 0.1) is 0 Å². The molecule has 1 saturated heterocycles. The molecule has 1 amide bonds. The van der Waals surface area contributed by atoms with Crippen LogP contribution in [0.15, 0.2) is 12.7 Å². The minimum absolute atomic E-state index is 0.0248. The summed E-state index contributed by atoms with van der Waals surface area (Å²) < 4.78 is 0. The second-order valence-corrected chi connectivity index (χ2v) is 3.49. The van der Waals surface area contributed by atoms with Crippen molar-refractivity contribution in [1.29, 1.82) is 0 Å². The van der Waals surface area contributed by atoms with E-state index >= 15 is 0 Å². The predicted octanol–water partition coefficient (Wildman–Crippen LogP) is 0.234. The van der Waals surface area contributed by atoms with Crippen LogP contribution in [0, 0.1) is 6.57 Å². The van der Waals surface area contributed by atoms with Gasteiger partial charge in [-0.15, -0.1) is 0 Å². The van der Waals surface area contributed by atoms with E-state index in [9.17, 15) is 4.79 Å². The van der Waals surface area contributed by atoms with E-state index in [0.717, 1.165) is 13.1 Å². The number of likely N-dealkylation sites (N-methyl/N-ethyl adjacent to an activating group) is 1. The number of amides is 1. The second-order valence-electron chi connectivity index (χ2n) is 3.49. The first-order chi connectivity index (χ1) is 6.69. The van der Waals surface area contributed by atoms with Crippen molar-refractivity contribution < 1.29 is 4.79 Å². The van der Waals surface area contributed by atoms with Crippen LogP contribution in [0.3, 0.4) is 0 Å². The third kappa shape index (κ3) is 2.33. The molecule has 1 atom stereocenters. The lowest BCUT2D eigenvalue weighted by molar-refractivity contribution is -0.130. The highest BCUT2D eigenvalue weighted by Crippen LogP contribution is 2.09. The van der Waals surface area contributed by atoms with Crippen LogP contribution in [0.1, 0.15) is 0 Å². The van der Waals surface area contributed by atoms with Crippen LogP contribution in [0.25, 0.3) is 4.85 Å². The van der Waals surface area contributed by atoms with Crippen molar-refractivity contribution in [2.45, 2.75) is 6.04 Å². The third-order valence-corrected chi connectivity index (χ3v) is 2.45. The molecule has 14 heavy (non-hydrogen) atoms. The molecule has 4 nitrogen and oxygen atoms in total. The Labute approximate surface area is 84.6 Å². The van der Waals surface area contributed by atoms with Gasteiger partial charge in [-0.1, -0.05) is 6.58 Å². The van der Waals surface area contributed by atoms with Crippen molar-refractivity contribution in [3.63, 3.8) is 0 Å². The molecule has 0 bridgehead atoms. The van der Waals surface area contributed by atoms with Gasteiger partial charge < -0.3 is 14.6 Å². The average molecular weight is 193 g/mol. The number of carbonyl (C=O) groups is 1. The van der Waals surface area contributed by atoms with Crippen LogP contribution in [-0.4, -0.2) is 55.0 Å². The van der Waals surface area contributed by atoms with E-state index < -0.39 is 0 Å². The molecule has 0 aliphatic carbocycles. The first-order valence-corrected chi connectivity index (χ1v) is 4.64. The lowest BCUT2D eigenvalue weighted by Gasteiger charge is -2.36. The summed E-state index contributed by atoms with van der Waals surface area (Å²) in [4.78, 5) is 18.7. The molecule has 1 rings (SSSR count). The molecule has 1 fully saturated rings.